The molecule has 10 heteroatoms. The van der Waals surface area contributed by atoms with Gasteiger partial charge >= 0.3 is 12.1 Å². The van der Waals surface area contributed by atoms with Crippen LogP contribution in [-0.2, 0) is 4.74 Å². The Morgan fingerprint density at radius 2 is 2.00 bits per heavy atom. The summed E-state index contributed by atoms with van der Waals surface area (Å²) in [5.41, 5.74) is -0.890. The number of carbonyl (C=O) groups is 1. The molecule has 1 N–H and O–H groups in total. The molecule has 0 saturated heterocycles. The zero-order chi connectivity index (χ0) is 19.1. The second kappa shape index (κ2) is 6.21. The van der Waals surface area contributed by atoms with E-state index in [2.05, 4.69) is 15.1 Å². The van der Waals surface area contributed by atoms with Crippen molar-refractivity contribution in [1.29, 1.82) is 0 Å². The third kappa shape index (κ3) is 3.53. The van der Waals surface area contributed by atoms with E-state index >= 15 is 0 Å². The molecule has 1 aromatic carbocycles. The monoisotopic (exact) mass is 364 g/mol. The Hall–Kier alpha value is -3.30. The standard InChI is InChI=1S/C16H14F2N4O4/c1-16(2,3)26-15(24)22-12-9(13(23)21-22)7-19-14(20-12)25-11-5-4-8(17)6-10(11)18/h4-7H,1-3H3,(H,21,23). The lowest BCUT2D eigenvalue weighted by molar-refractivity contribution is 0.0519. The Bertz CT molecular complexity index is 998. The molecule has 0 radical (unpaired) electrons. The van der Waals surface area contributed by atoms with Gasteiger partial charge in [0.25, 0.3) is 0 Å². The van der Waals surface area contributed by atoms with E-state index in [1.54, 1.807) is 20.8 Å². The smallest absolute Gasteiger partial charge is 0.437 e. The minimum atomic E-state index is -0.947. The number of aromatic nitrogens is 4. The first kappa shape index (κ1) is 17.5. The Morgan fingerprint density at radius 1 is 1.27 bits per heavy atom. The molecule has 0 aliphatic heterocycles. The van der Waals surface area contributed by atoms with Crippen molar-refractivity contribution in [1.82, 2.24) is 19.7 Å². The number of halogens is 2. The van der Waals surface area contributed by atoms with Crippen molar-refractivity contribution >= 4 is 17.1 Å². The maximum atomic E-state index is 13.7. The molecule has 2 aromatic heterocycles. The fourth-order valence-electron chi connectivity index (χ4n) is 2.01. The molecule has 0 amide bonds. The third-order valence-electron chi connectivity index (χ3n) is 3.04. The quantitative estimate of drug-likeness (QED) is 0.744. The summed E-state index contributed by atoms with van der Waals surface area (Å²) in [5, 5.41) is 13.6. The molecule has 0 bridgehead atoms. The van der Waals surface area contributed by atoms with Gasteiger partial charge in [-0.2, -0.15) is 4.98 Å². The van der Waals surface area contributed by atoms with Crippen molar-refractivity contribution in [2.24, 2.45) is 0 Å². The number of hydrogen-bond acceptors (Lipinski definition) is 7. The van der Waals surface area contributed by atoms with Crippen LogP contribution in [0.2, 0.25) is 0 Å². The predicted molar refractivity (Wildman–Crippen MR) is 85.1 cm³/mol. The molecule has 0 fully saturated rings. The van der Waals surface area contributed by atoms with Gasteiger partial charge in [0.15, 0.2) is 17.2 Å². The number of hydrogen-bond donors (Lipinski definition) is 1. The van der Waals surface area contributed by atoms with Gasteiger partial charge in [0, 0.05) is 12.3 Å². The zero-order valence-corrected chi connectivity index (χ0v) is 14.0. The number of fused-ring (bicyclic) bond motifs is 1. The van der Waals surface area contributed by atoms with E-state index < -0.39 is 29.2 Å². The number of rotatable bonds is 2. The van der Waals surface area contributed by atoms with Gasteiger partial charge in [0.1, 0.15) is 16.8 Å². The van der Waals surface area contributed by atoms with Crippen LogP contribution in [0.1, 0.15) is 20.8 Å². The number of nitrogens with zero attached hydrogens (tertiary/aromatic N) is 4. The van der Waals surface area contributed by atoms with Gasteiger partial charge in [-0.25, -0.2) is 18.6 Å². The molecular formula is C16H14F2N4O4. The summed E-state index contributed by atoms with van der Waals surface area (Å²) >= 11 is 0. The van der Waals surface area contributed by atoms with Crippen LogP contribution in [0.3, 0.4) is 0 Å². The van der Waals surface area contributed by atoms with Gasteiger partial charge in [-0.3, -0.25) is 0 Å². The topological polar surface area (TPSA) is 99.4 Å². The van der Waals surface area contributed by atoms with Crippen LogP contribution in [0, 0.1) is 11.6 Å². The molecule has 0 unspecified atom stereocenters. The summed E-state index contributed by atoms with van der Waals surface area (Å²) in [7, 11) is 0. The van der Waals surface area contributed by atoms with Crippen molar-refractivity contribution in [3.05, 3.63) is 36.0 Å². The molecule has 3 aromatic rings. The normalized spacial score (nSPS) is 11.6. The highest BCUT2D eigenvalue weighted by atomic mass is 19.1. The lowest BCUT2D eigenvalue weighted by Gasteiger charge is -2.18. The lowest BCUT2D eigenvalue weighted by Crippen LogP contribution is -2.27. The second-order valence-electron chi connectivity index (χ2n) is 6.28. The first-order chi connectivity index (χ1) is 12.1. The average Bonchev–Trinajstić information content (AvgIpc) is 2.85. The Balaban J connectivity index is 1.99. The summed E-state index contributed by atoms with van der Waals surface area (Å²) in [4.78, 5) is 20.0. The second-order valence-corrected chi connectivity index (χ2v) is 6.28. The first-order valence-electron chi connectivity index (χ1n) is 7.45. The Labute approximate surface area is 146 Å². The Morgan fingerprint density at radius 3 is 2.65 bits per heavy atom. The van der Waals surface area contributed by atoms with Crippen LogP contribution >= 0.6 is 0 Å². The molecule has 0 spiro atoms. The average molecular weight is 364 g/mol. The van der Waals surface area contributed by atoms with Crippen LogP contribution in [0.25, 0.3) is 11.0 Å². The Kier molecular flexibility index (Phi) is 4.18. The van der Waals surface area contributed by atoms with Crippen molar-refractivity contribution in [3.63, 3.8) is 0 Å². The number of aromatic hydroxyl groups is 1. The number of benzene rings is 1. The molecule has 0 aliphatic rings. The summed E-state index contributed by atoms with van der Waals surface area (Å²) in [6.07, 6.45) is 0.280. The van der Waals surface area contributed by atoms with Crippen LogP contribution in [0.4, 0.5) is 13.6 Å². The number of ether oxygens (including phenoxy) is 2. The highest BCUT2D eigenvalue weighted by Gasteiger charge is 2.24. The lowest BCUT2D eigenvalue weighted by atomic mass is 10.2. The summed E-state index contributed by atoms with van der Waals surface area (Å²) in [6, 6.07) is 2.40. The van der Waals surface area contributed by atoms with Crippen molar-refractivity contribution in [2.75, 3.05) is 0 Å². The molecular weight excluding hydrogens is 350 g/mol. The minimum absolute atomic E-state index is 0.0720. The van der Waals surface area contributed by atoms with Crippen LogP contribution in [0.5, 0.6) is 17.6 Å². The van der Waals surface area contributed by atoms with E-state index in [-0.39, 0.29) is 22.8 Å². The molecule has 0 saturated carbocycles. The van der Waals surface area contributed by atoms with Crippen LogP contribution in [0.15, 0.2) is 24.4 Å². The molecule has 26 heavy (non-hydrogen) atoms. The SMILES string of the molecule is CC(C)(C)OC(=O)n1nc(O)c2cnc(Oc3ccc(F)cc3F)nc21. The highest BCUT2D eigenvalue weighted by molar-refractivity contribution is 5.88. The molecule has 2 heterocycles. The molecule has 0 aliphatic carbocycles. The summed E-state index contributed by atoms with van der Waals surface area (Å²) in [6.45, 7) is 4.99. The van der Waals surface area contributed by atoms with Crippen molar-refractivity contribution in [3.8, 4) is 17.6 Å². The van der Waals surface area contributed by atoms with E-state index in [4.69, 9.17) is 9.47 Å². The summed E-state index contributed by atoms with van der Waals surface area (Å²) < 4.78 is 37.8. The molecule has 8 nitrogen and oxygen atoms in total. The minimum Gasteiger partial charge on any atom is -0.492 e. The van der Waals surface area contributed by atoms with Crippen molar-refractivity contribution in [2.45, 2.75) is 26.4 Å². The van der Waals surface area contributed by atoms with E-state index in [1.165, 1.54) is 0 Å². The number of carbonyl (C=O) groups excluding carboxylic acids is 1. The van der Waals surface area contributed by atoms with E-state index in [1.807, 2.05) is 0 Å². The van der Waals surface area contributed by atoms with E-state index in [9.17, 15) is 18.7 Å². The predicted octanol–water partition coefficient (Wildman–Crippen LogP) is 3.39. The van der Waals surface area contributed by atoms with Gasteiger partial charge in [-0.1, -0.05) is 0 Å². The van der Waals surface area contributed by atoms with E-state index in [0.717, 1.165) is 23.0 Å². The van der Waals surface area contributed by atoms with E-state index in [0.29, 0.717) is 6.07 Å². The first-order valence-corrected chi connectivity index (χ1v) is 7.45. The van der Waals surface area contributed by atoms with Gasteiger partial charge in [0.2, 0.25) is 5.88 Å². The van der Waals surface area contributed by atoms with Gasteiger partial charge in [-0.15, -0.1) is 9.78 Å². The van der Waals surface area contributed by atoms with Gasteiger partial charge < -0.3 is 14.6 Å². The van der Waals surface area contributed by atoms with Crippen LogP contribution < -0.4 is 4.74 Å². The molecule has 136 valence electrons. The maximum absolute atomic E-state index is 13.7. The third-order valence-corrected chi connectivity index (χ3v) is 3.04. The van der Waals surface area contributed by atoms with Crippen LogP contribution in [-0.4, -0.2) is 36.5 Å². The fraction of sp³-hybridized carbons (Fsp3) is 0.250. The molecule has 0 atom stereocenters. The largest absolute Gasteiger partial charge is 0.492 e. The maximum Gasteiger partial charge on any atom is 0.437 e. The fourth-order valence-corrected chi connectivity index (χ4v) is 2.01. The van der Waals surface area contributed by atoms with Crippen molar-refractivity contribution < 1.29 is 28.2 Å². The highest BCUT2D eigenvalue weighted by Crippen LogP contribution is 2.27. The summed E-state index contributed by atoms with van der Waals surface area (Å²) in [5.74, 6) is -2.50. The zero-order valence-electron chi connectivity index (χ0n) is 14.0. The molecule has 3 rings (SSSR count). The van der Waals surface area contributed by atoms with Gasteiger partial charge in [0.05, 0.1) is 0 Å². The van der Waals surface area contributed by atoms with Gasteiger partial charge in [-0.05, 0) is 32.9 Å².